The number of hydrogen-bond donors (Lipinski definition) is 0. The van der Waals surface area contributed by atoms with Crippen LogP contribution in [0, 0.1) is 0 Å². The smallest absolute Gasteiger partial charge is 0.261 e. The molecule has 23 heavy (non-hydrogen) atoms. The van der Waals surface area contributed by atoms with E-state index in [1.165, 1.54) is 0 Å². The molecule has 0 unspecified atom stereocenters. The highest BCUT2D eigenvalue weighted by atomic mass is 16.5. The molecule has 0 amide bonds. The fourth-order valence-electron chi connectivity index (χ4n) is 2.35. The van der Waals surface area contributed by atoms with Crippen molar-refractivity contribution in [2.75, 3.05) is 13.2 Å². The molecule has 3 rings (SSSR count). The normalized spacial score (nSPS) is 10.7. The van der Waals surface area contributed by atoms with E-state index in [9.17, 15) is 4.79 Å². The Bertz CT molecular complexity index is 858. The van der Waals surface area contributed by atoms with E-state index in [4.69, 9.17) is 9.47 Å². The number of fused-ring (bicyclic) bond motifs is 1. The lowest BCUT2D eigenvalue weighted by atomic mass is 10.2. The lowest BCUT2D eigenvalue weighted by Crippen LogP contribution is -2.23. The first kappa shape index (κ1) is 15.1. The highest BCUT2D eigenvalue weighted by molar-refractivity contribution is 5.76. The Morgan fingerprint density at radius 2 is 1.83 bits per heavy atom. The van der Waals surface area contributed by atoms with Gasteiger partial charge in [0.25, 0.3) is 5.56 Å². The summed E-state index contributed by atoms with van der Waals surface area (Å²) >= 11 is 0. The molecule has 0 bridgehead atoms. The number of para-hydroxylation sites is 1. The van der Waals surface area contributed by atoms with E-state index in [0.717, 1.165) is 11.5 Å². The Kier molecular flexibility index (Phi) is 4.57. The number of benzene rings is 2. The van der Waals surface area contributed by atoms with Crippen LogP contribution in [0.15, 0.2) is 59.7 Å². The molecule has 5 nitrogen and oxygen atoms in total. The first-order valence-corrected chi connectivity index (χ1v) is 7.58. The van der Waals surface area contributed by atoms with Crippen LogP contribution >= 0.6 is 0 Å². The van der Waals surface area contributed by atoms with Gasteiger partial charge in [0.2, 0.25) is 0 Å². The van der Waals surface area contributed by atoms with Gasteiger partial charge in [-0.25, -0.2) is 4.98 Å². The Balaban J connectivity index is 1.68. The molecule has 1 heterocycles. The van der Waals surface area contributed by atoms with E-state index in [1.54, 1.807) is 17.0 Å². The van der Waals surface area contributed by atoms with Gasteiger partial charge in [0.1, 0.15) is 18.1 Å². The van der Waals surface area contributed by atoms with Crippen molar-refractivity contribution in [3.8, 4) is 11.5 Å². The maximum atomic E-state index is 12.4. The molecule has 0 saturated heterocycles. The minimum absolute atomic E-state index is 0.0535. The largest absolute Gasteiger partial charge is 0.494 e. The second kappa shape index (κ2) is 6.96. The number of aromatic nitrogens is 2. The van der Waals surface area contributed by atoms with Gasteiger partial charge in [-0.3, -0.25) is 9.36 Å². The van der Waals surface area contributed by atoms with Gasteiger partial charge in [0.15, 0.2) is 0 Å². The molecular weight excluding hydrogens is 292 g/mol. The molecule has 0 atom stereocenters. The fourth-order valence-corrected chi connectivity index (χ4v) is 2.35. The molecule has 0 spiro atoms. The number of rotatable bonds is 6. The minimum atomic E-state index is -0.0535. The van der Waals surface area contributed by atoms with Gasteiger partial charge in [0.05, 0.1) is 30.4 Å². The van der Waals surface area contributed by atoms with Crippen LogP contribution in [0.25, 0.3) is 10.9 Å². The van der Waals surface area contributed by atoms with Crippen molar-refractivity contribution in [1.29, 1.82) is 0 Å². The van der Waals surface area contributed by atoms with Gasteiger partial charge < -0.3 is 9.47 Å². The van der Waals surface area contributed by atoms with Crippen LogP contribution in [0.2, 0.25) is 0 Å². The minimum Gasteiger partial charge on any atom is -0.494 e. The third-order valence-corrected chi connectivity index (χ3v) is 3.45. The zero-order chi connectivity index (χ0) is 16.1. The molecule has 118 valence electrons. The first-order chi connectivity index (χ1) is 11.3. The summed E-state index contributed by atoms with van der Waals surface area (Å²) in [6.45, 7) is 3.37. The Labute approximate surface area is 134 Å². The van der Waals surface area contributed by atoms with E-state index >= 15 is 0 Å². The Morgan fingerprint density at radius 1 is 1.04 bits per heavy atom. The summed E-state index contributed by atoms with van der Waals surface area (Å²) < 4.78 is 12.7. The van der Waals surface area contributed by atoms with Crippen LogP contribution in [-0.2, 0) is 6.54 Å². The maximum absolute atomic E-state index is 12.4. The van der Waals surface area contributed by atoms with Crippen LogP contribution in [0.1, 0.15) is 6.92 Å². The summed E-state index contributed by atoms with van der Waals surface area (Å²) in [6.07, 6.45) is 1.56. The number of hydrogen-bond acceptors (Lipinski definition) is 4. The molecule has 0 aliphatic carbocycles. The standard InChI is InChI=1S/C18H18N2O3/c1-2-22-14-6-5-7-15(12-14)23-11-10-20-13-19-17-9-4-3-8-16(17)18(20)21/h3-9,12-13H,2,10-11H2,1H3. The quantitative estimate of drug-likeness (QED) is 0.702. The summed E-state index contributed by atoms with van der Waals surface area (Å²) in [6, 6.07) is 14.8. The molecule has 3 aromatic rings. The summed E-state index contributed by atoms with van der Waals surface area (Å²) in [5, 5.41) is 0.619. The molecule has 0 fully saturated rings. The van der Waals surface area contributed by atoms with Crippen molar-refractivity contribution >= 4 is 10.9 Å². The average molecular weight is 310 g/mol. The lowest BCUT2D eigenvalue weighted by Gasteiger charge is -2.10. The molecule has 0 aliphatic rings. The van der Waals surface area contributed by atoms with Gasteiger partial charge in [-0.05, 0) is 31.2 Å². The molecule has 0 radical (unpaired) electrons. The Hall–Kier alpha value is -2.82. The first-order valence-electron chi connectivity index (χ1n) is 7.58. The topological polar surface area (TPSA) is 53.4 Å². The molecular formula is C18H18N2O3. The molecule has 0 N–H and O–H groups in total. The van der Waals surface area contributed by atoms with Crippen molar-refractivity contribution in [2.45, 2.75) is 13.5 Å². The van der Waals surface area contributed by atoms with Crippen molar-refractivity contribution in [3.63, 3.8) is 0 Å². The highest BCUT2D eigenvalue weighted by Gasteiger charge is 2.03. The SMILES string of the molecule is CCOc1cccc(OCCn2cnc3ccccc3c2=O)c1. The monoisotopic (exact) mass is 310 g/mol. The molecule has 1 aromatic heterocycles. The van der Waals surface area contributed by atoms with Gasteiger partial charge in [-0.15, -0.1) is 0 Å². The lowest BCUT2D eigenvalue weighted by molar-refractivity contribution is 0.291. The van der Waals surface area contributed by atoms with Crippen LogP contribution in [0.3, 0.4) is 0 Å². The average Bonchev–Trinajstić information content (AvgIpc) is 2.58. The van der Waals surface area contributed by atoms with E-state index in [1.807, 2.05) is 49.4 Å². The predicted octanol–water partition coefficient (Wildman–Crippen LogP) is 2.87. The van der Waals surface area contributed by atoms with Crippen LogP contribution in [-0.4, -0.2) is 22.8 Å². The van der Waals surface area contributed by atoms with Crippen molar-refractivity contribution < 1.29 is 9.47 Å². The summed E-state index contributed by atoms with van der Waals surface area (Å²) in [7, 11) is 0. The van der Waals surface area contributed by atoms with E-state index in [-0.39, 0.29) is 5.56 Å². The molecule has 5 heteroatoms. The van der Waals surface area contributed by atoms with Gasteiger partial charge >= 0.3 is 0 Å². The third-order valence-electron chi connectivity index (χ3n) is 3.45. The number of ether oxygens (including phenoxy) is 2. The summed E-state index contributed by atoms with van der Waals surface area (Å²) in [5.41, 5.74) is 0.654. The summed E-state index contributed by atoms with van der Waals surface area (Å²) in [5.74, 6) is 1.49. The van der Waals surface area contributed by atoms with E-state index < -0.39 is 0 Å². The molecule has 0 saturated carbocycles. The van der Waals surface area contributed by atoms with E-state index in [0.29, 0.717) is 30.7 Å². The van der Waals surface area contributed by atoms with Gasteiger partial charge in [-0.2, -0.15) is 0 Å². The van der Waals surface area contributed by atoms with Gasteiger partial charge in [0, 0.05) is 6.07 Å². The van der Waals surface area contributed by atoms with Crippen molar-refractivity contribution in [3.05, 3.63) is 65.2 Å². The molecule has 0 aliphatic heterocycles. The van der Waals surface area contributed by atoms with Crippen molar-refractivity contribution in [1.82, 2.24) is 9.55 Å². The molecule has 2 aromatic carbocycles. The zero-order valence-electron chi connectivity index (χ0n) is 12.9. The number of nitrogens with zero attached hydrogens (tertiary/aromatic N) is 2. The predicted molar refractivity (Wildman–Crippen MR) is 89.1 cm³/mol. The fraction of sp³-hybridized carbons (Fsp3) is 0.222. The van der Waals surface area contributed by atoms with E-state index in [2.05, 4.69) is 4.98 Å². The zero-order valence-corrected chi connectivity index (χ0v) is 12.9. The van der Waals surface area contributed by atoms with Crippen LogP contribution in [0.5, 0.6) is 11.5 Å². The third kappa shape index (κ3) is 3.51. The second-order valence-electron chi connectivity index (χ2n) is 5.02. The van der Waals surface area contributed by atoms with Gasteiger partial charge in [-0.1, -0.05) is 18.2 Å². The van der Waals surface area contributed by atoms with Crippen LogP contribution < -0.4 is 15.0 Å². The second-order valence-corrected chi connectivity index (χ2v) is 5.02. The summed E-state index contributed by atoms with van der Waals surface area (Å²) in [4.78, 5) is 16.7. The maximum Gasteiger partial charge on any atom is 0.261 e. The van der Waals surface area contributed by atoms with Crippen molar-refractivity contribution in [2.24, 2.45) is 0 Å². The highest BCUT2D eigenvalue weighted by Crippen LogP contribution is 2.19. The van der Waals surface area contributed by atoms with Crippen LogP contribution in [0.4, 0.5) is 0 Å². The Morgan fingerprint density at radius 3 is 2.65 bits per heavy atom.